The molecule has 104 valence electrons. The molecule has 0 aliphatic carbocycles. The fourth-order valence-corrected chi connectivity index (χ4v) is 1.89. The Hall–Kier alpha value is -2.18. The lowest BCUT2D eigenvalue weighted by atomic mass is 10.2. The summed E-state index contributed by atoms with van der Waals surface area (Å²) in [6.07, 6.45) is 1.60. The number of nitrogens with one attached hydrogen (secondary N) is 1. The van der Waals surface area contributed by atoms with Crippen LogP contribution in [0.1, 0.15) is 0 Å². The number of aromatic nitrogens is 1. The number of hydrogen-bond donors (Lipinski definition) is 2. The first-order chi connectivity index (χ1) is 9.56. The zero-order valence-corrected chi connectivity index (χ0v) is 11.1. The average molecular weight is 295 g/mol. The van der Waals surface area contributed by atoms with E-state index in [1.165, 1.54) is 0 Å². The molecule has 0 spiro atoms. The highest BCUT2D eigenvalue weighted by Gasteiger charge is 2.09. The van der Waals surface area contributed by atoms with Crippen LogP contribution < -0.4 is 5.32 Å². The van der Waals surface area contributed by atoms with Gasteiger partial charge >= 0.3 is 5.97 Å². The fourth-order valence-electron chi connectivity index (χ4n) is 1.67. The van der Waals surface area contributed by atoms with Crippen LogP contribution in [0, 0.1) is 0 Å². The number of carbonyl (C=O) groups excluding carboxylic acids is 1. The first-order valence-electron chi connectivity index (χ1n) is 5.70. The van der Waals surface area contributed by atoms with Gasteiger partial charge in [0.15, 0.2) is 0 Å². The van der Waals surface area contributed by atoms with Crippen LogP contribution in [0.15, 0.2) is 30.5 Å². The van der Waals surface area contributed by atoms with E-state index in [4.69, 9.17) is 21.4 Å². The molecular weight excluding hydrogens is 284 g/mol. The molecule has 2 rings (SSSR count). The minimum Gasteiger partial charge on any atom is -0.480 e. The van der Waals surface area contributed by atoms with Gasteiger partial charge in [0.05, 0.1) is 11.2 Å². The number of carboxylic acids is 1. The van der Waals surface area contributed by atoms with Crippen molar-refractivity contribution in [2.24, 2.45) is 0 Å². The predicted molar refractivity (Wildman–Crippen MR) is 73.8 cm³/mol. The number of ether oxygens (including phenoxy) is 1. The van der Waals surface area contributed by atoms with Gasteiger partial charge in [0.25, 0.3) is 0 Å². The van der Waals surface area contributed by atoms with Gasteiger partial charge in [-0.25, -0.2) is 4.79 Å². The maximum absolute atomic E-state index is 11.6. The van der Waals surface area contributed by atoms with Crippen LogP contribution in [0.25, 0.3) is 10.9 Å². The SMILES string of the molecule is O=C(O)COCC(=O)Nc1cc(Cl)cc2cccnc12. The van der Waals surface area contributed by atoms with Crippen LogP contribution in [0.4, 0.5) is 5.69 Å². The molecule has 0 atom stereocenters. The lowest BCUT2D eigenvalue weighted by Crippen LogP contribution is -2.20. The summed E-state index contributed by atoms with van der Waals surface area (Å²) in [5.41, 5.74) is 1.06. The molecule has 2 aromatic rings. The minimum absolute atomic E-state index is 0.354. The number of carbonyl (C=O) groups is 2. The normalized spacial score (nSPS) is 10.4. The fraction of sp³-hybridized carbons (Fsp3) is 0.154. The first-order valence-corrected chi connectivity index (χ1v) is 6.08. The molecule has 0 saturated heterocycles. The summed E-state index contributed by atoms with van der Waals surface area (Å²) in [5, 5.41) is 12.3. The zero-order chi connectivity index (χ0) is 14.5. The van der Waals surface area contributed by atoms with E-state index in [1.807, 2.05) is 6.07 Å². The number of rotatable bonds is 5. The van der Waals surface area contributed by atoms with Crippen LogP contribution in [0.5, 0.6) is 0 Å². The molecule has 0 unspecified atom stereocenters. The second-order valence-electron chi connectivity index (χ2n) is 3.96. The molecule has 0 aliphatic heterocycles. The van der Waals surface area contributed by atoms with E-state index >= 15 is 0 Å². The number of halogens is 1. The Labute approximate surface area is 119 Å². The number of benzene rings is 1. The van der Waals surface area contributed by atoms with E-state index in [2.05, 4.69) is 10.3 Å². The van der Waals surface area contributed by atoms with E-state index in [0.717, 1.165) is 5.39 Å². The Morgan fingerprint density at radius 2 is 2.15 bits per heavy atom. The molecule has 1 amide bonds. The van der Waals surface area contributed by atoms with Crippen molar-refractivity contribution >= 4 is 40.1 Å². The van der Waals surface area contributed by atoms with Crippen molar-refractivity contribution in [1.82, 2.24) is 4.98 Å². The summed E-state index contributed by atoms with van der Waals surface area (Å²) in [4.78, 5) is 26.1. The van der Waals surface area contributed by atoms with E-state index in [9.17, 15) is 9.59 Å². The smallest absolute Gasteiger partial charge is 0.329 e. The molecule has 7 heteroatoms. The van der Waals surface area contributed by atoms with E-state index in [1.54, 1.807) is 24.4 Å². The maximum Gasteiger partial charge on any atom is 0.329 e. The van der Waals surface area contributed by atoms with Crippen molar-refractivity contribution < 1.29 is 19.4 Å². The van der Waals surface area contributed by atoms with Crippen molar-refractivity contribution in [1.29, 1.82) is 0 Å². The summed E-state index contributed by atoms with van der Waals surface area (Å²) in [5.74, 6) is -1.60. The number of fused-ring (bicyclic) bond motifs is 1. The number of aliphatic carboxylic acids is 1. The van der Waals surface area contributed by atoms with Gasteiger partial charge in [-0.05, 0) is 18.2 Å². The largest absolute Gasteiger partial charge is 0.480 e. The molecule has 0 fully saturated rings. The monoisotopic (exact) mass is 294 g/mol. The van der Waals surface area contributed by atoms with Gasteiger partial charge in [-0.2, -0.15) is 0 Å². The number of anilines is 1. The van der Waals surface area contributed by atoms with Crippen LogP contribution in [-0.4, -0.2) is 35.2 Å². The number of hydrogen-bond acceptors (Lipinski definition) is 4. The number of carboxylic acid groups (broad SMARTS) is 1. The molecule has 1 heterocycles. The number of nitrogens with zero attached hydrogens (tertiary/aromatic N) is 1. The lowest BCUT2D eigenvalue weighted by Gasteiger charge is -2.08. The van der Waals surface area contributed by atoms with E-state index < -0.39 is 18.5 Å². The van der Waals surface area contributed by atoms with Gasteiger partial charge in [-0.15, -0.1) is 0 Å². The highest BCUT2D eigenvalue weighted by molar-refractivity contribution is 6.32. The molecule has 0 bridgehead atoms. The predicted octanol–water partition coefficient (Wildman–Crippen LogP) is 1.93. The van der Waals surface area contributed by atoms with Gasteiger partial charge in [0.2, 0.25) is 5.91 Å². The summed E-state index contributed by atoms with van der Waals surface area (Å²) in [6.45, 7) is -0.880. The van der Waals surface area contributed by atoms with Crippen molar-refractivity contribution in [3.8, 4) is 0 Å². The summed E-state index contributed by atoms with van der Waals surface area (Å²) in [7, 11) is 0. The van der Waals surface area contributed by atoms with Crippen LogP contribution in [-0.2, 0) is 14.3 Å². The lowest BCUT2D eigenvalue weighted by molar-refractivity contribution is -0.143. The maximum atomic E-state index is 11.6. The molecule has 0 saturated carbocycles. The molecule has 1 aromatic heterocycles. The molecule has 0 radical (unpaired) electrons. The van der Waals surface area contributed by atoms with Crippen LogP contribution in [0.3, 0.4) is 0 Å². The van der Waals surface area contributed by atoms with Crippen molar-refractivity contribution in [3.63, 3.8) is 0 Å². The van der Waals surface area contributed by atoms with Gasteiger partial charge < -0.3 is 15.2 Å². The highest BCUT2D eigenvalue weighted by atomic mass is 35.5. The summed E-state index contributed by atoms with van der Waals surface area (Å²) < 4.78 is 4.71. The number of amides is 1. The van der Waals surface area contributed by atoms with Crippen LogP contribution in [0.2, 0.25) is 5.02 Å². The second kappa shape index (κ2) is 6.31. The Morgan fingerprint density at radius 1 is 1.35 bits per heavy atom. The highest BCUT2D eigenvalue weighted by Crippen LogP contribution is 2.26. The second-order valence-corrected chi connectivity index (χ2v) is 4.40. The number of pyridine rings is 1. The Bertz CT molecular complexity index is 660. The molecular formula is C13H11ClN2O4. The zero-order valence-electron chi connectivity index (χ0n) is 10.3. The summed E-state index contributed by atoms with van der Waals surface area (Å²) in [6, 6.07) is 6.90. The minimum atomic E-state index is -1.13. The first kappa shape index (κ1) is 14.2. The third-order valence-corrected chi connectivity index (χ3v) is 2.62. The van der Waals surface area contributed by atoms with E-state index in [-0.39, 0.29) is 6.61 Å². The van der Waals surface area contributed by atoms with Crippen molar-refractivity contribution in [2.75, 3.05) is 18.5 Å². The van der Waals surface area contributed by atoms with Crippen molar-refractivity contribution in [3.05, 3.63) is 35.5 Å². The standard InChI is InChI=1S/C13H11ClN2O4/c14-9-4-8-2-1-3-15-13(8)10(5-9)16-11(17)6-20-7-12(18)19/h1-5H,6-7H2,(H,16,17)(H,18,19). The molecule has 2 N–H and O–H groups in total. The van der Waals surface area contributed by atoms with Crippen LogP contribution >= 0.6 is 11.6 Å². The Balaban J connectivity index is 2.13. The molecule has 0 aliphatic rings. The topological polar surface area (TPSA) is 88.5 Å². The Morgan fingerprint density at radius 3 is 2.90 bits per heavy atom. The van der Waals surface area contributed by atoms with Gasteiger partial charge in [0, 0.05) is 16.6 Å². The van der Waals surface area contributed by atoms with Gasteiger partial charge in [-0.1, -0.05) is 17.7 Å². The molecule has 20 heavy (non-hydrogen) atoms. The third kappa shape index (κ3) is 3.66. The third-order valence-electron chi connectivity index (χ3n) is 2.40. The quantitative estimate of drug-likeness (QED) is 0.879. The van der Waals surface area contributed by atoms with Gasteiger partial charge in [-0.3, -0.25) is 9.78 Å². The molecule has 1 aromatic carbocycles. The molecule has 6 nitrogen and oxygen atoms in total. The van der Waals surface area contributed by atoms with Gasteiger partial charge in [0.1, 0.15) is 13.2 Å². The van der Waals surface area contributed by atoms with E-state index in [0.29, 0.717) is 16.2 Å². The van der Waals surface area contributed by atoms with Crippen molar-refractivity contribution in [2.45, 2.75) is 0 Å². The average Bonchev–Trinajstić information content (AvgIpc) is 2.38. The summed E-state index contributed by atoms with van der Waals surface area (Å²) >= 11 is 5.97. The Kier molecular flexibility index (Phi) is 4.49.